The molecule has 6 nitrogen and oxygen atoms in total. The van der Waals surface area contributed by atoms with Crippen LogP contribution in [0.25, 0.3) is 5.65 Å². The molecule has 3 heterocycles. The lowest BCUT2D eigenvalue weighted by molar-refractivity contribution is 0.0487. The molecule has 1 saturated heterocycles. The van der Waals surface area contributed by atoms with Crippen LogP contribution in [0.4, 0.5) is 0 Å². The molecular weight excluding hydrogens is 396 g/mol. The molecule has 0 spiro atoms. The van der Waals surface area contributed by atoms with E-state index in [1.165, 1.54) is 5.56 Å². The van der Waals surface area contributed by atoms with Crippen molar-refractivity contribution in [2.45, 2.75) is 18.3 Å². The molecule has 4 rings (SSSR count). The van der Waals surface area contributed by atoms with E-state index in [0.29, 0.717) is 25.3 Å². The minimum absolute atomic E-state index is 0.0959. The number of amides is 1. The Bertz CT molecular complexity index is 934. The number of nitrogens with zero attached hydrogens (tertiary/aromatic N) is 3. The quantitative estimate of drug-likeness (QED) is 0.712. The molecule has 0 radical (unpaired) electrons. The minimum atomic E-state index is -0.113. The van der Waals surface area contributed by atoms with Crippen molar-refractivity contribution in [2.24, 2.45) is 0 Å². The number of halogens is 1. The molecule has 7 heteroatoms. The molecule has 0 aliphatic carbocycles. The van der Waals surface area contributed by atoms with Gasteiger partial charge in [-0.25, -0.2) is 0 Å². The first-order chi connectivity index (χ1) is 12.7. The number of carbonyl (C=O) groups is 1. The first kappa shape index (κ1) is 17.2. The number of nitrogens with one attached hydrogen (secondary N) is 1. The Balaban J connectivity index is 1.55. The number of pyridine rings is 1. The predicted molar refractivity (Wildman–Crippen MR) is 101 cm³/mol. The molecule has 0 bridgehead atoms. The van der Waals surface area contributed by atoms with E-state index >= 15 is 0 Å². The van der Waals surface area contributed by atoms with Gasteiger partial charge in [0.05, 0.1) is 5.56 Å². The van der Waals surface area contributed by atoms with Gasteiger partial charge in [0.15, 0.2) is 5.65 Å². The Labute approximate surface area is 159 Å². The molecule has 2 aromatic heterocycles. The van der Waals surface area contributed by atoms with Crippen LogP contribution in [-0.2, 0) is 10.2 Å². The molecule has 1 fully saturated rings. The highest BCUT2D eigenvalue weighted by atomic mass is 79.9. The summed E-state index contributed by atoms with van der Waals surface area (Å²) in [4.78, 5) is 12.7. The summed E-state index contributed by atoms with van der Waals surface area (Å²) in [5, 5.41) is 10.9. The third-order valence-corrected chi connectivity index (χ3v) is 5.52. The van der Waals surface area contributed by atoms with Gasteiger partial charge in [-0.2, -0.15) is 0 Å². The molecule has 0 unspecified atom stereocenters. The van der Waals surface area contributed by atoms with Crippen molar-refractivity contribution in [1.29, 1.82) is 0 Å². The Morgan fingerprint density at radius 3 is 2.92 bits per heavy atom. The van der Waals surface area contributed by atoms with Gasteiger partial charge < -0.3 is 10.1 Å². The maximum Gasteiger partial charge on any atom is 0.252 e. The second-order valence-electron chi connectivity index (χ2n) is 6.60. The highest BCUT2D eigenvalue weighted by Gasteiger charge is 2.35. The first-order valence-corrected chi connectivity index (χ1v) is 9.37. The number of carbonyl (C=O) groups excluding carboxylic acids is 1. The van der Waals surface area contributed by atoms with Crippen LogP contribution in [0, 0.1) is 0 Å². The van der Waals surface area contributed by atoms with Crippen LogP contribution in [-0.4, -0.2) is 40.3 Å². The molecule has 3 aromatic rings. The molecule has 1 aliphatic rings. The lowest BCUT2D eigenvalue weighted by Gasteiger charge is -2.38. The summed E-state index contributed by atoms with van der Waals surface area (Å²) in [7, 11) is 0. The van der Waals surface area contributed by atoms with Crippen LogP contribution in [0.5, 0.6) is 0 Å². The molecular formula is C19H19BrN4O2. The van der Waals surface area contributed by atoms with Crippen LogP contribution in [0.3, 0.4) is 0 Å². The predicted octanol–water partition coefficient (Wildman–Crippen LogP) is 2.97. The van der Waals surface area contributed by atoms with E-state index in [0.717, 1.165) is 23.0 Å². The van der Waals surface area contributed by atoms with Crippen molar-refractivity contribution in [1.82, 2.24) is 19.9 Å². The van der Waals surface area contributed by atoms with E-state index < -0.39 is 0 Å². The molecule has 1 aromatic carbocycles. The van der Waals surface area contributed by atoms with Crippen LogP contribution in [0.2, 0.25) is 0 Å². The van der Waals surface area contributed by atoms with Crippen LogP contribution < -0.4 is 5.32 Å². The fourth-order valence-electron chi connectivity index (χ4n) is 3.46. The normalized spacial score (nSPS) is 16.5. The smallest absolute Gasteiger partial charge is 0.252 e. The maximum absolute atomic E-state index is 12.7. The number of aromatic nitrogens is 3. The van der Waals surface area contributed by atoms with Gasteiger partial charge in [0.1, 0.15) is 6.33 Å². The highest BCUT2D eigenvalue weighted by Crippen LogP contribution is 2.35. The summed E-state index contributed by atoms with van der Waals surface area (Å²) in [6, 6.07) is 11.9. The van der Waals surface area contributed by atoms with Crippen LogP contribution in [0.15, 0.2) is 53.4 Å². The zero-order chi connectivity index (χ0) is 18.0. The number of hydrogen-bond donors (Lipinski definition) is 1. The standard InChI is InChI=1S/C19H19BrN4O2/c20-16-3-1-2-15(10-16)19(6-8-26-9-7-19)12-21-18(25)14-4-5-17-23-22-13-24(17)11-14/h1-5,10-11,13H,6-9,12H2,(H,21,25). The second-order valence-corrected chi connectivity index (χ2v) is 7.52. The summed E-state index contributed by atoms with van der Waals surface area (Å²) in [6.45, 7) is 1.98. The van der Waals surface area contributed by atoms with Gasteiger partial charge in [-0.1, -0.05) is 28.1 Å². The number of ether oxygens (including phenoxy) is 1. The second kappa shape index (κ2) is 7.17. The Hall–Kier alpha value is -2.25. The van der Waals surface area contributed by atoms with Gasteiger partial charge >= 0.3 is 0 Å². The summed E-state index contributed by atoms with van der Waals surface area (Å²) < 4.78 is 8.36. The largest absolute Gasteiger partial charge is 0.381 e. The SMILES string of the molecule is O=C(NCC1(c2cccc(Br)c2)CCOCC1)c1ccc2nncn2c1. The monoisotopic (exact) mass is 414 g/mol. The van der Waals surface area contributed by atoms with E-state index in [2.05, 4.69) is 43.6 Å². The molecule has 1 aliphatic heterocycles. The lowest BCUT2D eigenvalue weighted by Crippen LogP contribution is -2.44. The van der Waals surface area contributed by atoms with Crippen molar-refractivity contribution >= 4 is 27.5 Å². The van der Waals surface area contributed by atoms with Gasteiger partial charge in [-0.3, -0.25) is 9.20 Å². The van der Waals surface area contributed by atoms with Crippen LogP contribution >= 0.6 is 15.9 Å². The molecule has 1 amide bonds. The minimum Gasteiger partial charge on any atom is -0.381 e. The van der Waals surface area contributed by atoms with Gasteiger partial charge in [-0.15, -0.1) is 10.2 Å². The van der Waals surface area contributed by atoms with E-state index in [1.807, 2.05) is 12.1 Å². The fraction of sp³-hybridized carbons (Fsp3) is 0.316. The van der Waals surface area contributed by atoms with Gasteiger partial charge in [-0.05, 0) is 42.7 Å². The van der Waals surface area contributed by atoms with Crippen molar-refractivity contribution < 1.29 is 9.53 Å². The zero-order valence-electron chi connectivity index (χ0n) is 14.2. The summed E-state index contributed by atoms with van der Waals surface area (Å²) in [5.41, 5.74) is 2.42. The number of benzene rings is 1. The number of rotatable bonds is 4. The molecule has 26 heavy (non-hydrogen) atoms. The van der Waals surface area contributed by atoms with Crippen LogP contribution in [0.1, 0.15) is 28.8 Å². The van der Waals surface area contributed by atoms with E-state index in [9.17, 15) is 4.79 Å². The van der Waals surface area contributed by atoms with Gasteiger partial charge in [0, 0.05) is 35.8 Å². The zero-order valence-corrected chi connectivity index (χ0v) is 15.8. The van der Waals surface area contributed by atoms with Gasteiger partial charge in [0.25, 0.3) is 5.91 Å². The summed E-state index contributed by atoms with van der Waals surface area (Å²) in [6.07, 6.45) is 5.11. The first-order valence-electron chi connectivity index (χ1n) is 8.58. The van der Waals surface area contributed by atoms with Crippen molar-refractivity contribution in [2.75, 3.05) is 19.8 Å². The van der Waals surface area contributed by atoms with Crippen molar-refractivity contribution in [3.63, 3.8) is 0 Å². The Morgan fingerprint density at radius 1 is 1.27 bits per heavy atom. The fourth-order valence-corrected chi connectivity index (χ4v) is 3.86. The average Bonchev–Trinajstić information content (AvgIpc) is 3.14. The topological polar surface area (TPSA) is 68.5 Å². The van der Waals surface area contributed by atoms with Crippen molar-refractivity contribution in [3.05, 3.63) is 64.5 Å². The Morgan fingerprint density at radius 2 is 2.12 bits per heavy atom. The number of hydrogen-bond acceptors (Lipinski definition) is 4. The molecule has 0 atom stereocenters. The third kappa shape index (κ3) is 3.37. The molecule has 0 saturated carbocycles. The van der Waals surface area contributed by atoms with Gasteiger partial charge in [0.2, 0.25) is 0 Å². The Kier molecular flexibility index (Phi) is 4.74. The maximum atomic E-state index is 12.7. The molecule has 134 valence electrons. The van der Waals surface area contributed by atoms with E-state index in [-0.39, 0.29) is 11.3 Å². The van der Waals surface area contributed by atoms with E-state index in [1.54, 1.807) is 29.1 Å². The summed E-state index contributed by atoms with van der Waals surface area (Å²) in [5.74, 6) is -0.0959. The third-order valence-electron chi connectivity index (χ3n) is 5.03. The van der Waals surface area contributed by atoms with Crippen molar-refractivity contribution in [3.8, 4) is 0 Å². The molecule has 1 N–H and O–H groups in total. The lowest BCUT2D eigenvalue weighted by atomic mass is 9.74. The van der Waals surface area contributed by atoms with E-state index in [4.69, 9.17) is 4.74 Å². The summed E-state index contributed by atoms with van der Waals surface area (Å²) >= 11 is 3.56. The average molecular weight is 415 g/mol. The highest BCUT2D eigenvalue weighted by molar-refractivity contribution is 9.10. The number of fused-ring (bicyclic) bond motifs is 1.